The Morgan fingerprint density at radius 3 is 2.38 bits per heavy atom. The van der Waals surface area contributed by atoms with Gasteiger partial charge in [0.25, 0.3) is 0 Å². The molecule has 0 aromatic heterocycles. The lowest BCUT2D eigenvalue weighted by Gasteiger charge is -2.16. The number of ether oxygens (including phenoxy) is 1. The fraction of sp³-hybridized carbons (Fsp3) is 0.500. The Kier molecular flexibility index (Phi) is 7.46. The SMILES string of the molecule is CCc1ccc(CN(C)CCC(=O)NCC(=O)OC)cc1. The van der Waals surface area contributed by atoms with Crippen molar-refractivity contribution in [1.29, 1.82) is 0 Å². The summed E-state index contributed by atoms with van der Waals surface area (Å²) < 4.78 is 4.46. The highest BCUT2D eigenvalue weighted by Crippen LogP contribution is 2.07. The maximum absolute atomic E-state index is 11.6. The Bertz CT molecular complexity index is 457. The number of aryl methyl sites for hydroxylation is 1. The molecule has 1 amide bonds. The predicted molar refractivity (Wildman–Crippen MR) is 81.8 cm³/mol. The number of hydrogen-bond donors (Lipinski definition) is 1. The minimum absolute atomic E-state index is 0.0719. The number of methoxy groups -OCH3 is 1. The van der Waals surface area contributed by atoms with Gasteiger partial charge in [0, 0.05) is 19.5 Å². The number of hydrogen-bond acceptors (Lipinski definition) is 4. The van der Waals surface area contributed by atoms with Crippen LogP contribution in [0.4, 0.5) is 0 Å². The van der Waals surface area contributed by atoms with Crippen LogP contribution in [0.3, 0.4) is 0 Å². The van der Waals surface area contributed by atoms with Gasteiger partial charge in [-0.15, -0.1) is 0 Å². The van der Waals surface area contributed by atoms with Gasteiger partial charge >= 0.3 is 5.97 Å². The van der Waals surface area contributed by atoms with Crippen molar-refractivity contribution in [3.05, 3.63) is 35.4 Å². The van der Waals surface area contributed by atoms with Gasteiger partial charge in [0.05, 0.1) is 7.11 Å². The van der Waals surface area contributed by atoms with Crippen LogP contribution in [0.25, 0.3) is 0 Å². The summed E-state index contributed by atoms with van der Waals surface area (Å²) in [5, 5.41) is 2.53. The average molecular weight is 292 g/mol. The average Bonchev–Trinajstić information content (AvgIpc) is 2.51. The normalized spacial score (nSPS) is 10.5. The van der Waals surface area contributed by atoms with E-state index in [4.69, 9.17) is 0 Å². The topological polar surface area (TPSA) is 58.6 Å². The van der Waals surface area contributed by atoms with Crippen molar-refractivity contribution < 1.29 is 14.3 Å². The number of rotatable bonds is 8. The van der Waals surface area contributed by atoms with Crippen LogP contribution in [-0.2, 0) is 27.3 Å². The second-order valence-electron chi connectivity index (χ2n) is 5.01. The van der Waals surface area contributed by atoms with Crippen LogP contribution >= 0.6 is 0 Å². The molecule has 0 bridgehead atoms. The quantitative estimate of drug-likeness (QED) is 0.735. The highest BCUT2D eigenvalue weighted by atomic mass is 16.5. The number of nitrogens with one attached hydrogen (secondary N) is 1. The number of benzene rings is 1. The van der Waals surface area contributed by atoms with Gasteiger partial charge in [0.2, 0.25) is 5.91 Å². The molecule has 1 N–H and O–H groups in total. The smallest absolute Gasteiger partial charge is 0.325 e. The molecule has 0 saturated carbocycles. The van der Waals surface area contributed by atoms with Gasteiger partial charge in [0.15, 0.2) is 0 Å². The molecule has 1 rings (SSSR count). The van der Waals surface area contributed by atoms with Crippen molar-refractivity contribution >= 4 is 11.9 Å². The first-order valence-electron chi connectivity index (χ1n) is 7.15. The molecule has 0 atom stereocenters. The Morgan fingerprint density at radius 1 is 1.19 bits per heavy atom. The Balaban J connectivity index is 2.28. The zero-order valence-electron chi connectivity index (χ0n) is 13.0. The van der Waals surface area contributed by atoms with Crippen LogP contribution in [-0.4, -0.2) is 44.0 Å². The lowest BCUT2D eigenvalue weighted by atomic mass is 10.1. The van der Waals surface area contributed by atoms with E-state index in [1.807, 2.05) is 7.05 Å². The zero-order valence-corrected chi connectivity index (χ0v) is 13.0. The minimum atomic E-state index is -0.437. The van der Waals surface area contributed by atoms with Gasteiger partial charge in [-0.25, -0.2) is 0 Å². The largest absolute Gasteiger partial charge is 0.468 e. The zero-order chi connectivity index (χ0) is 15.7. The molecule has 1 aromatic rings. The van der Waals surface area contributed by atoms with E-state index in [1.165, 1.54) is 18.2 Å². The number of carbonyl (C=O) groups is 2. The molecule has 0 fully saturated rings. The summed E-state index contributed by atoms with van der Waals surface area (Å²) in [4.78, 5) is 24.5. The Labute approximate surface area is 126 Å². The van der Waals surface area contributed by atoms with Crippen LogP contribution in [0.1, 0.15) is 24.5 Å². The summed E-state index contributed by atoms with van der Waals surface area (Å²) in [5.74, 6) is -0.582. The molecular formula is C16H24N2O3. The van der Waals surface area contributed by atoms with E-state index in [1.54, 1.807) is 0 Å². The first-order chi connectivity index (χ1) is 10.0. The van der Waals surface area contributed by atoms with E-state index < -0.39 is 5.97 Å². The summed E-state index contributed by atoms with van der Waals surface area (Å²) in [6.07, 6.45) is 1.40. The monoisotopic (exact) mass is 292 g/mol. The van der Waals surface area contributed by atoms with Gasteiger partial charge in [-0.3, -0.25) is 9.59 Å². The van der Waals surface area contributed by atoms with Gasteiger partial charge in [-0.05, 0) is 24.6 Å². The summed E-state index contributed by atoms with van der Waals surface area (Å²) >= 11 is 0. The lowest BCUT2D eigenvalue weighted by Crippen LogP contribution is -2.32. The lowest BCUT2D eigenvalue weighted by molar-refractivity contribution is -0.141. The maximum Gasteiger partial charge on any atom is 0.325 e. The first-order valence-corrected chi connectivity index (χ1v) is 7.15. The molecule has 5 nitrogen and oxygen atoms in total. The molecule has 5 heteroatoms. The highest BCUT2D eigenvalue weighted by molar-refractivity contribution is 5.81. The van der Waals surface area contributed by atoms with Crippen molar-refractivity contribution in [2.45, 2.75) is 26.3 Å². The van der Waals surface area contributed by atoms with E-state index in [0.29, 0.717) is 13.0 Å². The molecule has 0 saturated heterocycles. The second kappa shape index (κ2) is 9.13. The van der Waals surface area contributed by atoms with Crippen molar-refractivity contribution in [1.82, 2.24) is 10.2 Å². The van der Waals surface area contributed by atoms with E-state index in [0.717, 1.165) is 13.0 Å². The third-order valence-electron chi connectivity index (χ3n) is 3.26. The molecule has 0 spiro atoms. The summed E-state index contributed by atoms with van der Waals surface area (Å²) in [7, 11) is 3.27. The molecule has 0 aliphatic heterocycles. The molecule has 0 aliphatic rings. The fourth-order valence-corrected chi connectivity index (χ4v) is 1.89. The predicted octanol–water partition coefficient (Wildman–Crippen LogP) is 1.36. The van der Waals surface area contributed by atoms with E-state index in [-0.39, 0.29) is 12.5 Å². The second-order valence-corrected chi connectivity index (χ2v) is 5.01. The minimum Gasteiger partial charge on any atom is -0.468 e. The fourth-order valence-electron chi connectivity index (χ4n) is 1.89. The van der Waals surface area contributed by atoms with Crippen molar-refractivity contribution in [3.63, 3.8) is 0 Å². The Hall–Kier alpha value is -1.88. The number of amides is 1. The number of carbonyl (C=O) groups excluding carboxylic acids is 2. The van der Waals surface area contributed by atoms with Crippen LogP contribution in [0.15, 0.2) is 24.3 Å². The molecule has 0 aliphatic carbocycles. The van der Waals surface area contributed by atoms with Crippen LogP contribution in [0, 0.1) is 0 Å². The van der Waals surface area contributed by atoms with E-state index >= 15 is 0 Å². The van der Waals surface area contributed by atoms with Crippen LogP contribution in [0.5, 0.6) is 0 Å². The molecule has 116 valence electrons. The Morgan fingerprint density at radius 2 is 1.81 bits per heavy atom. The first kappa shape index (κ1) is 17.2. The summed E-state index contributed by atoms with van der Waals surface area (Å²) in [5.41, 5.74) is 2.55. The molecule has 0 heterocycles. The van der Waals surface area contributed by atoms with Crippen LogP contribution < -0.4 is 5.32 Å². The molecule has 0 unspecified atom stereocenters. The highest BCUT2D eigenvalue weighted by Gasteiger charge is 2.07. The number of esters is 1. The molecule has 1 aromatic carbocycles. The maximum atomic E-state index is 11.6. The summed E-state index contributed by atoms with van der Waals surface area (Å²) in [6.45, 7) is 3.50. The van der Waals surface area contributed by atoms with Crippen molar-refractivity contribution in [2.75, 3.05) is 27.2 Å². The molecule has 0 radical (unpaired) electrons. The van der Waals surface area contributed by atoms with Gasteiger partial charge < -0.3 is 15.0 Å². The standard InChI is InChI=1S/C16H24N2O3/c1-4-13-5-7-14(8-6-13)12-18(2)10-9-15(19)17-11-16(20)21-3/h5-8H,4,9-12H2,1-3H3,(H,17,19). The third-order valence-corrected chi connectivity index (χ3v) is 3.26. The van der Waals surface area contributed by atoms with Gasteiger partial charge in [0.1, 0.15) is 6.54 Å². The van der Waals surface area contributed by atoms with E-state index in [2.05, 4.69) is 46.1 Å². The van der Waals surface area contributed by atoms with Crippen molar-refractivity contribution in [2.24, 2.45) is 0 Å². The van der Waals surface area contributed by atoms with Crippen LogP contribution in [0.2, 0.25) is 0 Å². The third kappa shape index (κ3) is 6.90. The van der Waals surface area contributed by atoms with Crippen molar-refractivity contribution in [3.8, 4) is 0 Å². The van der Waals surface area contributed by atoms with Gasteiger partial charge in [-0.2, -0.15) is 0 Å². The molecular weight excluding hydrogens is 268 g/mol. The molecule has 21 heavy (non-hydrogen) atoms. The van der Waals surface area contributed by atoms with E-state index in [9.17, 15) is 9.59 Å². The van der Waals surface area contributed by atoms with Gasteiger partial charge in [-0.1, -0.05) is 31.2 Å². The number of nitrogens with zero attached hydrogens (tertiary/aromatic N) is 1. The summed E-state index contributed by atoms with van der Waals surface area (Å²) in [6, 6.07) is 8.50.